The van der Waals surface area contributed by atoms with Crippen molar-refractivity contribution in [1.29, 1.82) is 0 Å². The quantitative estimate of drug-likeness (QED) is 0.663. The largest absolute Gasteiger partial charge is 0.350 e. The van der Waals surface area contributed by atoms with Gasteiger partial charge in [-0.25, -0.2) is 0 Å². The van der Waals surface area contributed by atoms with Crippen LogP contribution >= 0.6 is 0 Å². The lowest BCUT2D eigenvalue weighted by Crippen LogP contribution is -2.46. The fraction of sp³-hybridized carbons (Fsp3) is 0.692. The standard InChI is InChI=1S/C13H22O2/c1-6-7-13(8-11(2)3)9-14-12(4,5)15-10-13/h6H,1-2,7-10H2,3-5H3. The van der Waals surface area contributed by atoms with Gasteiger partial charge in [-0.3, -0.25) is 0 Å². The van der Waals surface area contributed by atoms with Gasteiger partial charge in [0, 0.05) is 5.41 Å². The van der Waals surface area contributed by atoms with Gasteiger partial charge in [-0.1, -0.05) is 11.6 Å². The van der Waals surface area contributed by atoms with E-state index in [1.54, 1.807) is 0 Å². The summed E-state index contributed by atoms with van der Waals surface area (Å²) in [5.74, 6) is -0.445. The molecule has 1 aliphatic heterocycles. The predicted molar refractivity (Wildman–Crippen MR) is 62.7 cm³/mol. The Kier molecular flexibility index (Phi) is 3.74. The van der Waals surface area contributed by atoms with Crippen molar-refractivity contribution in [3.05, 3.63) is 24.8 Å². The van der Waals surface area contributed by atoms with E-state index in [2.05, 4.69) is 13.2 Å². The van der Waals surface area contributed by atoms with Crippen LogP contribution in [0.4, 0.5) is 0 Å². The van der Waals surface area contributed by atoms with Crippen LogP contribution in [0, 0.1) is 5.41 Å². The van der Waals surface area contributed by atoms with Crippen molar-refractivity contribution in [2.24, 2.45) is 5.41 Å². The fourth-order valence-electron chi connectivity index (χ4n) is 1.98. The van der Waals surface area contributed by atoms with Gasteiger partial charge in [-0.05, 0) is 33.6 Å². The second kappa shape index (κ2) is 4.50. The Morgan fingerprint density at radius 1 is 1.33 bits per heavy atom. The summed E-state index contributed by atoms with van der Waals surface area (Å²) in [7, 11) is 0. The predicted octanol–water partition coefficient (Wildman–Crippen LogP) is 3.30. The van der Waals surface area contributed by atoms with Crippen molar-refractivity contribution < 1.29 is 9.47 Å². The zero-order valence-corrected chi connectivity index (χ0v) is 10.1. The number of allylic oxidation sites excluding steroid dienone is 2. The molecule has 2 heteroatoms. The molecule has 1 rings (SSSR count). The zero-order valence-electron chi connectivity index (χ0n) is 10.1. The van der Waals surface area contributed by atoms with Crippen LogP contribution in [0.2, 0.25) is 0 Å². The van der Waals surface area contributed by atoms with Crippen LogP contribution in [0.5, 0.6) is 0 Å². The molecule has 0 unspecified atom stereocenters. The second-order valence-electron chi connectivity index (χ2n) is 5.10. The first kappa shape index (κ1) is 12.5. The molecule has 0 radical (unpaired) electrons. The lowest BCUT2D eigenvalue weighted by atomic mass is 9.79. The fourth-order valence-corrected chi connectivity index (χ4v) is 1.98. The van der Waals surface area contributed by atoms with Crippen molar-refractivity contribution in [3.8, 4) is 0 Å². The molecule has 0 atom stereocenters. The van der Waals surface area contributed by atoms with Gasteiger partial charge in [0.05, 0.1) is 13.2 Å². The minimum absolute atomic E-state index is 0.0447. The molecule has 15 heavy (non-hydrogen) atoms. The van der Waals surface area contributed by atoms with Gasteiger partial charge >= 0.3 is 0 Å². The van der Waals surface area contributed by atoms with Gasteiger partial charge in [-0.2, -0.15) is 0 Å². The van der Waals surface area contributed by atoms with E-state index in [1.807, 2.05) is 26.8 Å². The first-order chi connectivity index (χ1) is 6.89. The molecule has 0 N–H and O–H groups in total. The van der Waals surface area contributed by atoms with Crippen LogP contribution in [-0.2, 0) is 9.47 Å². The SMILES string of the molecule is C=CCC1(CC(=C)C)COC(C)(C)OC1. The summed E-state index contributed by atoms with van der Waals surface area (Å²) < 4.78 is 11.4. The molecule has 1 fully saturated rings. The van der Waals surface area contributed by atoms with Gasteiger partial charge in [0.2, 0.25) is 0 Å². The third kappa shape index (κ3) is 3.47. The highest BCUT2D eigenvalue weighted by molar-refractivity contribution is 5.00. The Morgan fingerprint density at radius 3 is 2.27 bits per heavy atom. The van der Waals surface area contributed by atoms with Gasteiger partial charge in [0.1, 0.15) is 0 Å². The van der Waals surface area contributed by atoms with Crippen molar-refractivity contribution in [1.82, 2.24) is 0 Å². The molecular weight excluding hydrogens is 188 g/mol. The highest BCUT2D eigenvalue weighted by atomic mass is 16.7. The smallest absolute Gasteiger partial charge is 0.162 e. The molecule has 2 nitrogen and oxygen atoms in total. The summed E-state index contributed by atoms with van der Waals surface area (Å²) in [5.41, 5.74) is 1.21. The van der Waals surface area contributed by atoms with Crippen molar-refractivity contribution >= 4 is 0 Å². The molecule has 0 aromatic carbocycles. The molecule has 0 amide bonds. The lowest BCUT2D eigenvalue weighted by molar-refractivity contribution is -0.284. The molecule has 0 aromatic heterocycles. The number of hydrogen-bond donors (Lipinski definition) is 0. The van der Waals surface area contributed by atoms with Crippen LogP contribution in [-0.4, -0.2) is 19.0 Å². The normalized spacial score (nSPS) is 23.4. The van der Waals surface area contributed by atoms with Gasteiger partial charge in [-0.15, -0.1) is 13.2 Å². The average molecular weight is 210 g/mol. The third-order valence-corrected chi connectivity index (χ3v) is 2.71. The molecule has 1 saturated heterocycles. The van der Waals surface area contributed by atoms with Crippen LogP contribution in [0.3, 0.4) is 0 Å². The van der Waals surface area contributed by atoms with E-state index >= 15 is 0 Å². The average Bonchev–Trinajstić information content (AvgIpc) is 2.10. The van der Waals surface area contributed by atoms with E-state index in [0.717, 1.165) is 26.1 Å². The van der Waals surface area contributed by atoms with E-state index in [4.69, 9.17) is 9.47 Å². The van der Waals surface area contributed by atoms with Crippen molar-refractivity contribution in [3.63, 3.8) is 0 Å². The molecule has 0 aliphatic carbocycles. The summed E-state index contributed by atoms with van der Waals surface area (Å²) in [4.78, 5) is 0. The lowest BCUT2D eigenvalue weighted by Gasteiger charge is -2.43. The van der Waals surface area contributed by atoms with E-state index in [0.29, 0.717) is 0 Å². The summed E-state index contributed by atoms with van der Waals surface area (Å²) in [6.45, 7) is 15.2. The first-order valence-corrected chi connectivity index (χ1v) is 5.42. The molecule has 0 aromatic rings. The maximum absolute atomic E-state index is 5.72. The summed E-state index contributed by atoms with van der Waals surface area (Å²) >= 11 is 0. The number of hydrogen-bond acceptors (Lipinski definition) is 2. The second-order valence-corrected chi connectivity index (χ2v) is 5.10. The monoisotopic (exact) mass is 210 g/mol. The Balaban J connectivity index is 2.68. The van der Waals surface area contributed by atoms with Crippen LogP contribution in [0.25, 0.3) is 0 Å². The van der Waals surface area contributed by atoms with Gasteiger partial charge in [0.15, 0.2) is 5.79 Å². The minimum Gasteiger partial charge on any atom is -0.350 e. The first-order valence-electron chi connectivity index (χ1n) is 5.42. The highest BCUT2D eigenvalue weighted by Gasteiger charge is 2.38. The highest BCUT2D eigenvalue weighted by Crippen LogP contribution is 2.37. The van der Waals surface area contributed by atoms with E-state index < -0.39 is 5.79 Å². The summed E-state index contributed by atoms with van der Waals surface area (Å²) in [6, 6.07) is 0. The van der Waals surface area contributed by atoms with E-state index in [-0.39, 0.29) is 5.41 Å². The van der Waals surface area contributed by atoms with Gasteiger partial charge < -0.3 is 9.47 Å². The molecule has 86 valence electrons. The van der Waals surface area contributed by atoms with Crippen molar-refractivity contribution in [2.75, 3.05) is 13.2 Å². The maximum Gasteiger partial charge on any atom is 0.162 e. The van der Waals surface area contributed by atoms with Crippen LogP contribution < -0.4 is 0 Å². The molecule has 0 saturated carbocycles. The van der Waals surface area contributed by atoms with Crippen LogP contribution in [0.15, 0.2) is 24.8 Å². The summed E-state index contributed by atoms with van der Waals surface area (Å²) in [6.07, 6.45) is 3.79. The molecule has 0 bridgehead atoms. The Morgan fingerprint density at radius 2 is 1.87 bits per heavy atom. The molecular formula is C13H22O2. The Bertz CT molecular complexity index is 243. The minimum atomic E-state index is -0.445. The van der Waals surface area contributed by atoms with Crippen molar-refractivity contribution in [2.45, 2.75) is 39.4 Å². The molecule has 1 heterocycles. The third-order valence-electron chi connectivity index (χ3n) is 2.71. The topological polar surface area (TPSA) is 18.5 Å². The number of rotatable bonds is 4. The molecule has 1 aliphatic rings. The number of ether oxygens (including phenoxy) is 2. The van der Waals surface area contributed by atoms with Crippen LogP contribution in [0.1, 0.15) is 33.6 Å². The Labute approximate surface area is 93.0 Å². The zero-order chi connectivity index (χ0) is 11.5. The van der Waals surface area contributed by atoms with E-state index in [1.165, 1.54) is 5.57 Å². The van der Waals surface area contributed by atoms with E-state index in [9.17, 15) is 0 Å². The summed E-state index contributed by atoms with van der Waals surface area (Å²) in [5, 5.41) is 0. The molecule has 0 spiro atoms. The Hall–Kier alpha value is -0.600. The maximum atomic E-state index is 5.72. The van der Waals surface area contributed by atoms with Gasteiger partial charge in [0.25, 0.3) is 0 Å².